The molecule has 0 N–H and O–H groups in total. The maximum atomic E-state index is 12.5. The molecule has 0 aliphatic rings. The highest BCUT2D eigenvalue weighted by atomic mass is 16.7. The van der Waals surface area contributed by atoms with Gasteiger partial charge in [-0.25, -0.2) is 4.79 Å². The number of hydrogen-bond donors (Lipinski definition) is 0. The lowest BCUT2D eigenvalue weighted by Gasteiger charge is -2.02. The fourth-order valence-electron chi connectivity index (χ4n) is 2.44. The SMILES string of the molecule is Cc1onc(-c2cccc([N+](=O)[O-])c2)c1C(=O)ON=C(C#N)c1ccccc1. The number of carbonyl (C=O) groups excluding carboxylic acids is 1. The first-order chi connectivity index (χ1) is 13.5. The van der Waals surface area contributed by atoms with Gasteiger partial charge in [0.15, 0.2) is 5.71 Å². The van der Waals surface area contributed by atoms with Gasteiger partial charge in [0, 0.05) is 23.3 Å². The monoisotopic (exact) mass is 376 g/mol. The zero-order valence-corrected chi connectivity index (χ0v) is 14.5. The molecule has 138 valence electrons. The second-order valence-electron chi connectivity index (χ2n) is 5.57. The largest absolute Gasteiger partial charge is 0.371 e. The van der Waals surface area contributed by atoms with Crippen LogP contribution in [0.15, 0.2) is 64.3 Å². The number of aryl methyl sites for hydroxylation is 1. The summed E-state index contributed by atoms with van der Waals surface area (Å²) in [6.07, 6.45) is 0. The van der Waals surface area contributed by atoms with E-state index in [4.69, 9.17) is 9.36 Å². The maximum absolute atomic E-state index is 12.5. The topological polar surface area (TPSA) is 132 Å². The van der Waals surface area contributed by atoms with Gasteiger partial charge in [-0.3, -0.25) is 10.1 Å². The lowest BCUT2D eigenvalue weighted by molar-refractivity contribution is -0.384. The number of carbonyl (C=O) groups is 1. The van der Waals surface area contributed by atoms with Crippen molar-refractivity contribution in [3.8, 4) is 17.3 Å². The minimum Gasteiger partial charge on any atom is -0.360 e. The van der Waals surface area contributed by atoms with E-state index in [9.17, 15) is 20.2 Å². The average Bonchev–Trinajstić information content (AvgIpc) is 3.10. The Hall–Kier alpha value is -4.32. The van der Waals surface area contributed by atoms with Gasteiger partial charge in [-0.1, -0.05) is 52.8 Å². The van der Waals surface area contributed by atoms with Crippen molar-refractivity contribution in [3.63, 3.8) is 0 Å². The van der Waals surface area contributed by atoms with Gasteiger partial charge in [-0.05, 0) is 6.92 Å². The summed E-state index contributed by atoms with van der Waals surface area (Å²) in [4.78, 5) is 27.8. The summed E-state index contributed by atoms with van der Waals surface area (Å²) >= 11 is 0. The van der Waals surface area contributed by atoms with Crippen LogP contribution in [0.5, 0.6) is 0 Å². The molecule has 0 bridgehead atoms. The van der Waals surface area contributed by atoms with Crippen molar-refractivity contribution in [2.75, 3.05) is 0 Å². The molecule has 2 aromatic carbocycles. The molecule has 0 saturated carbocycles. The van der Waals surface area contributed by atoms with Crippen molar-refractivity contribution in [1.29, 1.82) is 5.26 Å². The third kappa shape index (κ3) is 3.76. The van der Waals surface area contributed by atoms with Gasteiger partial charge < -0.3 is 9.36 Å². The molecule has 0 aliphatic carbocycles. The van der Waals surface area contributed by atoms with E-state index in [1.54, 1.807) is 36.4 Å². The second-order valence-corrected chi connectivity index (χ2v) is 5.57. The molecule has 3 aromatic rings. The number of nitro groups is 1. The summed E-state index contributed by atoms with van der Waals surface area (Å²) in [7, 11) is 0. The molecule has 0 fully saturated rings. The number of benzene rings is 2. The predicted molar refractivity (Wildman–Crippen MR) is 97.3 cm³/mol. The number of hydrogen-bond acceptors (Lipinski definition) is 8. The quantitative estimate of drug-likeness (QED) is 0.287. The zero-order chi connectivity index (χ0) is 20.1. The Kier molecular flexibility index (Phi) is 5.23. The Morgan fingerprint density at radius 2 is 2.00 bits per heavy atom. The van der Waals surface area contributed by atoms with Crippen molar-refractivity contribution in [2.45, 2.75) is 6.92 Å². The van der Waals surface area contributed by atoms with Gasteiger partial charge in [-0.2, -0.15) is 5.26 Å². The number of nitriles is 1. The van der Waals surface area contributed by atoms with E-state index < -0.39 is 10.9 Å². The van der Waals surface area contributed by atoms with Crippen LogP contribution < -0.4 is 0 Å². The minimum absolute atomic E-state index is 0.0328. The van der Waals surface area contributed by atoms with Gasteiger partial charge in [-0.15, -0.1) is 0 Å². The van der Waals surface area contributed by atoms with Crippen molar-refractivity contribution < 1.29 is 19.1 Å². The number of rotatable bonds is 5. The zero-order valence-electron chi connectivity index (χ0n) is 14.5. The van der Waals surface area contributed by atoms with Crippen LogP contribution in [0.3, 0.4) is 0 Å². The van der Waals surface area contributed by atoms with Gasteiger partial charge >= 0.3 is 5.97 Å². The number of oxime groups is 1. The summed E-state index contributed by atoms with van der Waals surface area (Å²) in [6, 6.07) is 16.0. The first-order valence-electron chi connectivity index (χ1n) is 7.97. The predicted octanol–water partition coefficient (Wildman–Crippen LogP) is 3.64. The second kappa shape index (κ2) is 7.92. The van der Waals surface area contributed by atoms with E-state index in [0.717, 1.165) is 0 Å². The molecule has 0 unspecified atom stereocenters. The molecule has 0 spiro atoms. The number of nitro benzene ring substituents is 1. The van der Waals surface area contributed by atoms with Gasteiger partial charge in [0.2, 0.25) is 0 Å². The van der Waals surface area contributed by atoms with Gasteiger partial charge in [0.05, 0.1) is 4.92 Å². The number of aromatic nitrogens is 1. The molecule has 0 amide bonds. The molecule has 1 heterocycles. The Morgan fingerprint density at radius 1 is 1.25 bits per heavy atom. The highest BCUT2D eigenvalue weighted by molar-refractivity contribution is 6.11. The van der Waals surface area contributed by atoms with Crippen LogP contribution in [0, 0.1) is 28.4 Å². The molecule has 0 saturated heterocycles. The molecule has 28 heavy (non-hydrogen) atoms. The lowest BCUT2D eigenvalue weighted by Crippen LogP contribution is -2.06. The summed E-state index contributed by atoms with van der Waals surface area (Å²) in [5.74, 6) is -0.746. The maximum Gasteiger partial charge on any atom is 0.371 e. The molecule has 0 radical (unpaired) electrons. The van der Waals surface area contributed by atoms with Crippen molar-refractivity contribution >= 4 is 17.4 Å². The van der Waals surface area contributed by atoms with E-state index in [2.05, 4.69) is 10.3 Å². The van der Waals surface area contributed by atoms with Crippen LogP contribution in [0.25, 0.3) is 11.3 Å². The van der Waals surface area contributed by atoms with Crippen LogP contribution >= 0.6 is 0 Å². The first kappa shape index (κ1) is 18.5. The smallest absolute Gasteiger partial charge is 0.360 e. The Morgan fingerprint density at radius 3 is 2.68 bits per heavy atom. The number of nitrogens with zero attached hydrogens (tertiary/aromatic N) is 4. The Labute approximate surface area is 158 Å². The van der Waals surface area contributed by atoms with E-state index in [1.807, 2.05) is 6.07 Å². The van der Waals surface area contributed by atoms with Crippen LogP contribution in [-0.4, -0.2) is 21.8 Å². The van der Waals surface area contributed by atoms with Crippen molar-refractivity contribution in [3.05, 3.63) is 81.6 Å². The summed E-state index contributed by atoms with van der Waals surface area (Å²) in [6.45, 7) is 1.50. The van der Waals surface area contributed by atoms with Crippen LogP contribution in [0.1, 0.15) is 21.7 Å². The molecular weight excluding hydrogens is 364 g/mol. The molecule has 0 aliphatic heterocycles. The summed E-state index contributed by atoms with van der Waals surface area (Å²) in [5.41, 5.74) is 0.602. The van der Waals surface area contributed by atoms with Crippen LogP contribution in [0.4, 0.5) is 5.69 Å². The van der Waals surface area contributed by atoms with E-state index in [1.165, 1.54) is 25.1 Å². The van der Waals surface area contributed by atoms with Crippen molar-refractivity contribution in [2.24, 2.45) is 5.16 Å². The Balaban J connectivity index is 1.93. The standard InChI is InChI=1S/C19H12N4O5/c1-12-17(18(22-27-12)14-8-5-9-15(10-14)23(25)26)19(24)28-21-16(11-20)13-6-3-2-4-7-13/h2-10H,1H3. The third-order valence-electron chi connectivity index (χ3n) is 3.77. The highest BCUT2D eigenvalue weighted by Crippen LogP contribution is 2.28. The fraction of sp³-hybridized carbons (Fsp3) is 0.0526. The third-order valence-corrected chi connectivity index (χ3v) is 3.77. The minimum atomic E-state index is -0.899. The molecule has 9 heteroatoms. The normalized spacial score (nSPS) is 10.9. The van der Waals surface area contributed by atoms with Gasteiger partial charge in [0.1, 0.15) is 23.1 Å². The van der Waals surface area contributed by atoms with Crippen LogP contribution in [0.2, 0.25) is 0 Å². The molecule has 9 nitrogen and oxygen atoms in total. The van der Waals surface area contributed by atoms with Crippen molar-refractivity contribution in [1.82, 2.24) is 5.16 Å². The lowest BCUT2D eigenvalue weighted by atomic mass is 10.1. The Bertz CT molecular complexity index is 1110. The molecule has 1 aromatic heterocycles. The summed E-state index contributed by atoms with van der Waals surface area (Å²) in [5, 5.41) is 27.6. The fourth-order valence-corrected chi connectivity index (χ4v) is 2.44. The average molecular weight is 376 g/mol. The van der Waals surface area contributed by atoms with E-state index in [0.29, 0.717) is 11.1 Å². The summed E-state index contributed by atoms with van der Waals surface area (Å²) < 4.78 is 5.06. The molecule has 0 atom stereocenters. The van der Waals surface area contributed by atoms with E-state index in [-0.39, 0.29) is 28.4 Å². The highest BCUT2D eigenvalue weighted by Gasteiger charge is 2.24. The molecular formula is C19H12N4O5. The molecule has 3 rings (SSSR count). The van der Waals surface area contributed by atoms with Gasteiger partial charge in [0.25, 0.3) is 5.69 Å². The van der Waals surface area contributed by atoms with Crippen LogP contribution in [-0.2, 0) is 4.84 Å². The first-order valence-corrected chi connectivity index (χ1v) is 7.97. The number of non-ortho nitro benzene ring substituents is 1. The van der Waals surface area contributed by atoms with E-state index >= 15 is 0 Å².